The van der Waals surface area contributed by atoms with E-state index in [9.17, 15) is 3.89 Å². The van der Waals surface area contributed by atoms with Crippen LogP contribution in [0.15, 0.2) is 23.4 Å². The largest absolute Gasteiger partial charge is 0.491 e. The maximum absolute atomic E-state index is 12.4. The summed E-state index contributed by atoms with van der Waals surface area (Å²) in [5.74, 6) is 3.05. The number of hydrogen-bond donors (Lipinski definition) is 0. The van der Waals surface area contributed by atoms with Crippen molar-refractivity contribution in [1.29, 1.82) is 0 Å². The number of unbranched alkanes of at least 4 members (excludes halogenated alkanes) is 2. The van der Waals surface area contributed by atoms with Crippen molar-refractivity contribution in [3.05, 3.63) is 18.3 Å². The third kappa shape index (κ3) is 4.22. The van der Waals surface area contributed by atoms with Gasteiger partial charge in [-0.2, -0.15) is 3.89 Å². The second-order valence-electron chi connectivity index (χ2n) is 2.89. The molecule has 0 aromatic carbocycles. The zero-order valence-corrected chi connectivity index (χ0v) is 9.10. The monoisotopic (exact) mass is 225 g/mol. The smallest absolute Gasteiger partial charge is 0.171 e. The number of halogens is 1. The quantitative estimate of drug-likeness (QED) is 0.548. The molecule has 0 radical (unpaired) electrons. The van der Waals surface area contributed by atoms with Crippen LogP contribution in [0.1, 0.15) is 19.3 Å². The molecule has 15 heavy (non-hydrogen) atoms. The molecule has 0 N–H and O–H groups in total. The Hall–Kier alpha value is -1.21. The highest BCUT2D eigenvalue weighted by Crippen LogP contribution is 2.27. The first-order valence-electron chi connectivity index (χ1n) is 4.68. The van der Waals surface area contributed by atoms with Crippen LogP contribution in [-0.4, -0.2) is 11.6 Å². The zero-order valence-electron chi connectivity index (χ0n) is 8.28. The van der Waals surface area contributed by atoms with Crippen molar-refractivity contribution in [2.45, 2.75) is 24.3 Å². The summed E-state index contributed by atoms with van der Waals surface area (Å²) in [6.07, 6.45) is 9.20. The Balaban J connectivity index is 2.34. The van der Waals surface area contributed by atoms with Gasteiger partial charge in [0.25, 0.3) is 0 Å². The van der Waals surface area contributed by atoms with Crippen LogP contribution in [0.4, 0.5) is 3.89 Å². The van der Waals surface area contributed by atoms with Crippen LogP contribution >= 0.6 is 12.1 Å². The number of terminal acetylenes is 1. The van der Waals surface area contributed by atoms with E-state index in [1.807, 2.05) is 0 Å². The standard InChI is InChI=1S/C11H12FNOS/c1-2-3-4-5-9-14-10-7-6-8-13-11(10)15-12/h1,6-8H,3-5,9H2. The molecule has 0 amide bonds. The van der Waals surface area contributed by atoms with Crippen molar-refractivity contribution in [1.82, 2.24) is 4.98 Å². The number of pyridine rings is 1. The average molecular weight is 225 g/mol. The molecule has 0 saturated heterocycles. The third-order valence-electron chi connectivity index (χ3n) is 1.78. The molecule has 0 aliphatic rings. The van der Waals surface area contributed by atoms with Crippen LogP contribution in [0.25, 0.3) is 0 Å². The van der Waals surface area contributed by atoms with Gasteiger partial charge in [-0.25, -0.2) is 4.98 Å². The number of aromatic nitrogens is 1. The molecule has 0 aliphatic heterocycles. The lowest BCUT2D eigenvalue weighted by molar-refractivity contribution is 0.298. The highest BCUT2D eigenvalue weighted by Gasteiger charge is 2.04. The molecule has 0 bridgehead atoms. The van der Waals surface area contributed by atoms with Gasteiger partial charge in [0.05, 0.1) is 6.61 Å². The van der Waals surface area contributed by atoms with Crippen molar-refractivity contribution >= 4 is 12.1 Å². The molecule has 80 valence electrons. The van der Waals surface area contributed by atoms with Gasteiger partial charge in [-0.15, -0.1) is 12.3 Å². The van der Waals surface area contributed by atoms with Gasteiger partial charge in [0.2, 0.25) is 0 Å². The van der Waals surface area contributed by atoms with Crippen LogP contribution in [0.2, 0.25) is 0 Å². The van der Waals surface area contributed by atoms with Crippen molar-refractivity contribution in [2.24, 2.45) is 0 Å². The van der Waals surface area contributed by atoms with Gasteiger partial charge in [0, 0.05) is 12.6 Å². The Morgan fingerprint density at radius 2 is 2.40 bits per heavy atom. The lowest BCUT2D eigenvalue weighted by Gasteiger charge is -2.06. The van der Waals surface area contributed by atoms with E-state index in [1.54, 1.807) is 12.1 Å². The number of hydrogen-bond acceptors (Lipinski definition) is 3. The normalized spacial score (nSPS) is 9.60. The first-order chi connectivity index (χ1) is 7.38. The lowest BCUT2D eigenvalue weighted by atomic mass is 10.2. The summed E-state index contributed by atoms with van der Waals surface area (Å²) < 4.78 is 17.7. The first-order valence-corrected chi connectivity index (χ1v) is 5.40. The van der Waals surface area contributed by atoms with Crippen molar-refractivity contribution in [2.75, 3.05) is 6.61 Å². The maximum atomic E-state index is 12.4. The molecular weight excluding hydrogens is 213 g/mol. The van der Waals surface area contributed by atoms with Crippen LogP contribution in [0, 0.1) is 12.3 Å². The van der Waals surface area contributed by atoms with E-state index in [-0.39, 0.29) is 17.2 Å². The SMILES string of the molecule is C#CCCCCOc1cccnc1SF. The van der Waals surface area contributed by atoms with E-state index >= 15 is 0 Å². The minimum atomic E-state index is 0.0953. The third-order valence-corrected chi connectivity index (χ3v) is 2.24. The van der Waals surface area contributed by atoms with Gasteiger partial charge >= 0.3 is 0 Å². The molecule has 0 spiro atoms. The van der Waals surface area contributed by atoms with Crippen LogP contribution in [0.3, 0.4) is 0 Å². The van der Waals surface area contributed by atoms with Crippen molar-refractivity contribution < 1.29 is 8.62 Å². The van der Waals surface area contributed by atoms with E-state index < -0.39 is 0 Å². The minimum absolute atomic E-state index is 0.0953. The molecule has 1 aromatic rings. The van der Waals surface area contributed by atoms with Crippen LogP contribution < -0.4 is 4.74 Å². The zero-order chi connectivity index (χ0) is 10.9. The fraction of sp³-hybridized carbons (Fsp3) is 0.364. The van der Waals surface area contributed by atoms with E-state index in [0.29, 0.717) is 12.4 Å². The van der Waals surface area contributed by atoms with Gasteiger partial charge in [0.1, 0.15) is 12.1 Å². The summed E-state index contributed by atoms with van der Waals surface area (Å²) in [5, 5.41) is 0.273. The first kappa shape index (κ1) is 11.9. The highest BCUT2D eigenvalue weighted by atomic mass is 32.2. The topological polar surface area (TPSA) is 22.1 Å². The molecule has 0 unspecified atom stereocenters. The molecule has 0 saturated carbocycles. The average Bonchev–Trinajstić information content (AvgIpc) is 2.29. The van der Waals surface area contributed by atoms with E-state index in [0.717, 1.165) is 19.3 Å². The van der Waals surface area contributed by atoms with E-state index in [2.05, 4.69) is 10.9 Å². The number of rotatable bonds is 6. The van der Waals surface area contributed by atoms with Crippen molar-refractivity contribution in [3.63, 3.8) is 0 Å². The lowest BCUT2D eigenvalue weighted by Crippen LogP contribution is -1.98. The number of nitrogens with zero attached hydrogens (tertiary/aromatic N) is 1. The summed E-state index contributed by atoms with van der Waals surface area (Å²) in [6.45, 7) is 0.543. The van der Waals surface area contributed by atoms with E-state index in [1.165, 1.54) is 6.20 Å². The maximum Gasteiger partial charge on any atom is 0.171 e. The summed E-state index contributed by atoms with van der Waals surface area (Å²) >= 11 is 0.0953. The Morgan fingerprint density at radius 1 is 1.53 bits per heavy atom. The second-order valence-corrected chi connectivity index (χ2v) is 3.43. The van der Waals surface area contributed by atoms with Crippen LogP contribution in [-0.2, 0) is 0 Å². The molecule has 0 atom stereocenters. The molecule has 1 rings (SSSR count). The molecule has 0 fully saturated rings. The summed E-state index contributed by atoms with van der Waals surface area (Å²) in [4.78, 5) is 3.84. The predicted octanol–water partition coefficient (Wildman–Crippen LogP) is 3.24. The fourth-order valence-corrected chi connectivity index (χ4v) is 1.36. The molecule has 1 aromatic heterocycles. The molecule has 1 heterocycles. The van der Waals surface area contributed by atoms with Gasteiger partial charge in [-0.3, -0.25) is 0 Å². The molecule has 2 nitrogen and oxygen atoms in total. The fourth-order valence-electron chi connectivity index (χ4n) is 1.06. The van der Waals surface area contributed by atoms with Gasteiger partial charge < -0.3 is 4.74 Å². The Morgan fingerprint density at radius 3 is 3.13 bits per heavy atom. The van der Waals surface area contributed by atoms with Gasteiger partial charge in [-0.1, -0.05) is 0 Å². The predicted molar refractivity (Wildman–Crippen MR) is 59.4 cm³/mol. The van der Waals surface area contributed by atoms with E-state index in [4.69, 9.17) is 11.2 Å². The van der Waals surface area contributed by atoms with Crippen LogP contribution in [0.5, 0.6) is 5.75 Å². The Kier molecular flexibility index (Phi) is 5.64. The summed E-state index contributed by atoms with van der Waals surface area (Å²) in [7, 11) is 0. The molecular formula is C11H12FNOS. The van der Waals surface area contributed by atoms with Gasteiger partial charge in [0.15, 0.2) is 10.8 Å². The number of ether oxygens (including phenoxy) is 1. The Labute approximate surface area is 93.5 Å². The minimum Gasteiger partial charge on any atom is -0.491 e. The Bertz CT molecular complexity index is 338. The summed E-state index contributed by atoms with van der Waals surface area (Å²) in [6, 6.07) is 3.42. The van der Waals surface area contributed by atoms with Crippen molar-refractivity contribution in [3.8, 4) is 18.1 Å². The summed E-state index contributed by atoms with van der Waals surface area (Å²) in [5.41, 5.74) is 0. The van der Waals surface area contributed by atoms with Gasteiger partial charge in [-0.05, 0) is 25.0 Å². The highest BCUT2D eigenvalue weighted by molar-refractivity contribution is 7.94. The molecule has 0 aliphatic carbocycles. The second kappa shape index (κ2) is 7.13. The molecule has 4 heteroatoms.